The van der Waals surface area contributed by atoms with Gasteiger partial charge in [-0.15, -0.1) is 10.2 Å². The number of pyridine rings is 1. The number of ether oxygens (including phenoxy) is 1. The number of fused-ring (bicyclic) bond motifs is 1. The standard InChI is InChI=1S/C39H40F3N7O4/c40-29-5-1-4-26(35(29)51)31-20-27(37(43)47-46-31)30-19-23(13-15-44-30)28-14-16-48(21-39(28,41)42)24-9-7-22(8-10-24)25-3-2-6-32-36(25)53-18-17-49(32)33-11-12-34(50)45-38(33)52/h1-6,13,15,19-20,22,24,28,33,51H,7-12,14,16-18,21H2,(H2,43,47)(H,45,50,52)/t22-,24-,28-,33?/m0/s1. The largest absolute Gasteiger partial charge is 0.504 e. The van der Waals surface area contributed by atoms with Crippen molar-refractivity contribution in [1.82, 2.24) is 25.4 Å². The molecule has 5 heterocycles. The number of amides is 2. The smallest absolute Gasteiger partial charge is 0.267 e. The SMILES string of the molecule is Nc1nnc(-c2cccc(F)c2O)cc1-c1cc([C@@H]2CCN([C@H]3CC[C@H](c4cccc5c4OCCN5C4CCC(=O)NC4=O)CC3)CC2(F)F)ccn1. The Morgan fingerprint density at radius 2 is 1.74 bits per heavy atom. The minimum atomic E-state index is -3.00. The van der Waals surface area contributed by atoms with Crippen LogP contribution in [0.25, 0.3) is 22.5 Å². The summed E-state index contributed by atoms with van der Waals surface area (Å²) < 4.78 is 52.4. The van der Waals surface area contributed by atoms with E-state index < -0.39 is 29.4 Å². The first-order chi connectivity index (χ1) is 25.6. The number of halogens is 3. The Morgan fingerprint density at radius 3 is 2.53 bits per heavy atom. The summed E-state index contributed by atoms with van der Waals surface area (Å²) in [6, 6.07) is 14.4. The number of piperidine rings is 2. The molecule has 2 aromatic carbocycles. The third-order valence-electron chi connectivity index (χ3n) is 11.3. The van der Waals surface area contributed by atoms with Crippen LogP contribution in [0.15, 0.2) is 60.8 Å². The Balaban J connectivity index is 0.939. The molecule has 53 heavy (non-hydrogen) atoms. The monoisotopic (exact) mass is 727 g/mol. The zero-order valence-corrected chi connectivity index (χ0v) is 29.0. The highest BCUT2D eigenvalue weighted by Gasteiger charge is 2.47. The molecule has 2 aromatic heterocycles. The fourth-order valence-corrected chi connectivity index (χ4v) is 8.63. The number of nitrogen functional groups attached to an aromatic ring is 1. The van der Waals surface area contributed by atoms with Crippen LogP contribution in [0.3, 0.4) is 0 Å². The van der Waals surface area contributed by atoms with E-state index in [0.717, 1.165) is 48.8 Å². The van der Waals surface area contributed by atoms with Gasteiger partial charge in [-0.2, -0.15) is 0 Å². The van der Waals surface area contributed by atoms with Crippen LogP contribution >= 0.6 is 0 Å². The normalized spacial score (nSPS) is 24.6. The van der Waals surface area contributed by atoms with Crippen molar-refractivity contribution in [3.63, 3.8) is 0 Å². The second kappa shape index (κ2) is 14.0. The number of nitrogens with one attached hydrogen (secondary N) is 1. The van der Waals surface area contributed by atoms with Crippen molar-refractivity contribution in [3.8, 4) is 34.0 Å². The number of hydrogen-bond donors (Lipinski definition) is 3. The predicted octanol–water partition coefficient (Wildman–Crippen LogP) is 5.79. The molecule has 4 aromatic rings. The second-order valence-corrected chi connectivity index (χ2v) is 14.4. The fourth-order valence-electron chi connectivity index (χ4n) is 8.63. The van der Waals surface area contributed by atoms with Gasteiger partial charge < -0.3 is 20.5 Å². The highest BCUT2D eigenvalue weighted by molar-refractivity contribution is 6.02. The first kappa shape index (κ1) is 34.8. The molecule has 8 rings (SSSR count). The molecule has 14 heteroatoms. The molecule has 1 saturated carbocycles. The number of phenolic OH excluding ortho intramolecular Hbond substituents is 1. The van der Waals surface area contributed by atoms with E-state index in [1.54, 1.807) is 12.1 Å². The summed E-state index contributed by atoms with van der Waals surface area (Å²) >= 11 is 0. The van der Waals surface area contributed by atoms with Crippen molar-refractivity contribution in [2.75, 3.05) is 36.9 Å². The van der Waals surface area contributed by atoms with Gasteiger partial charge in [-0.3, -0.25) is 24.8 Å². The first-order valence-corrected chi connectivity index (χ1v) is 18.1. The third-order valence-corrected chi connectivity index (χ3v) is 11.3. The van der Waals surface area contributed by atoms with Gasteiger partial charge in [-0.1, -0.05) is 18.2 Å². The van der Waals surface area contributed by atoms with E-state index in [2.05, 4.69) is 26.6 Å². The predicted molar refractivity (Wildman–Crippen MR) is 191 cm³/mol. The molecular formula is C39H40F3N7O4. The fraction of sp³-hybridized carbons (Fsp3) is 0.410. The Morgan fingerprint density at radius 1 is 0.925 bits per heavy atom. The lowest BCUT2D eigenvalue weighted by Gasteiger charge is -2.44. The average molecular weight is 728 g/mol. The Kier molecular flexibility index (Phi) is 9.17. The minimum Gasteiger partial charge on any atom is -0.504 e. The second-order valence-electron chi connectivity index (χ2n) is 14.4. The number of imide groups is 1. The van der Waals surface area contributed by atoms with E-state index in [1.807, 2.05) is 21.9 Å². The lowest BCUT2D eigenvalue weighted by atomic mass is 9.79. The average Bonchev–Trinajstić information content (AvgIpc) is 3.15. The van der Waals surface area contributed by atoms with Gasteiger partial charge in [0, 0.05) is 29.8 Å². The Bertz CT molecular complexity index is 2060. The van der Waals surface area contributed by atoms with Gasteiger partial charge in [0.15, 0.2) is 17.4 Å². The lowest BCUT2D eigenvalue weighted by molar-refractivity contribution is -0.134. The van der Waals surface area contributed by atoms with Crippen molar-refractivity contribution in [2.45, 2.75) is 74.8 Å². The summed E-state index contributed by atoms with van der Waals surface area (Å²) in [7, 11) is 0. The number of aromatic nitrogens is 3. The number of nitrogens with zero attached hydrogens (tertiary/aromatic N) is 5. The van der Waals surface area contributed by atoms with Gasteiger partial charge in [0.2, 0.25) is 11.8 Å². The van der Waals surface area contributed by atoms with Crippen LogP contribution in [0, 0.1) is 5.82 Å². The summed E-state index contributed by atoms with van der Waals surface area (Å²) in [5, 5.41) is 20.7. The topological polar surface area (TPSA) is 147 Å². The number of hydrogen-bond acceptors (Lipinski definition) is 10. The molecule has 0 radical (unpaired) electrons. The summed E-state index contributed by atoms with van der Waals surface area (Å²) in [5.41, 5.74) is 9.48. The summed E-state index contributed by atoms with van der Waals surface area (Å²) in [6.45, 7) is 1.17. The quantitative estimate of drug-likeness (QED) is 0.209. The molecule has 4 aliphatic rings. The number of phenols is 1. The Hall–Kier alpha value is -5.24. The van der Waals surface area contributed by atoms with Crippen LogP contribution in [0.1, 0.15) is 67.9 Å². The third kappa shape index (κ3) is 6.64. The first-order valence-electron chi connectivity index (χ1n) is 18.1. The molecule has 1 unspecified atom stereocenters. The van der Waals surface area contributed by atoms with Gasteiger partial charge in [-0.05, 0) is 98.5 Å². The van der Waals surface area contributed by atoms with Crippen LogP contribution in [0.2, 0.25) is 0 Å². The van der Waals surface area contributed by atoms with Crippen molar-refractivity contribution >= 4 is 23.3 Å². The number of anilines is 2. The van der Waals surface area contributed by atoms with E-state index in [4.69, 9.17) is 10.5 Å². The van der Waals surface area contributed by atoms with Crippen molar-refractivity contribution in [1.29, 1.82) is 0 Å². The van der Waals surface area contributed by atoms with E-state index in [0.29, 0.717) is 49.4 Å². The number of alkyl halides is 2. The number of likely N-dealkylation sites (tertiary alicyclic amines) is 1. The summed E-state index contributed by atoms with van der Waals surface area (Å²) in [4.78, 5) is 32.8. The van der Waals surface area contributed by atoms with E-state index in [-0.39, 0.29) is 53.8 Å². The number of carbonyl (C=O) groups excluding carboxylic acids is 2. The number of nitrogens with two attached hydrogens (primary N) is 1. The maximum atomic E-state index is 16.1. The maximum absolute atomic E-state index is 16.1. The molecule has 276 valence electrons. The highest BCUT2D eigenvalue weighted by Crippen LogP contribution is 2.47. The maximum Gasteiger partial charge on any atom is 0.267 e. The molecule has 3 aliphatic heterocycles. The van der Waals surface area contributed by atoms with E-state index >= 15 is 8.78 Å². The van der Waals surface area contributed by atoms with Crippen LogP contribution in [-0.4, -0.2) is 81.2 Å². The molecule has 1 aliphatic carbocycles. The highest BCUT2D eigenvalue weighted by atomic mass is 19.3. The number of para-hydroxylation sites is 2. The zero-order chi connectivity index (χ0) is 36.9. The van der Waals surface area contributed by atoms with Gasteiger partial charge in [0.25, 0.3) is 5.92 Å². The molecule has 0 bridgehead atoms. The van der Waals surface area contributed by atoms with E-state index in [1.165, 1.54) is 24.4 Å². The molecule has 0 spiro atoms. The van der Waals surface area contributed by atoms with Crippen LogP contribution in [0.5, 0.6) is 11.5 Å². The van der Waals surface area contributed by atoms with Crippen LogP contribution in [0.4, 0.5) is 24.7 Å². The van der Waals surface area contributed by atoms with Crippen LogP contribution in [-0.2, 0) is 9.59 Å². The van der Waals surface area contributed by atoms with Gasteiger partial charge in [-0.25, -0.2) is 13.2 Å². The zero-order valence-electron chi connectivity index (χ0n) is 29.0. The van der Waals surface area contributed by atoms with Crippen molar-refractivity contribution in [3.05, 3.63) is 77.7 Å². The molecule has 2 amide bonds. The van der Waals surface area contributed by atoms with E-state index in [9.17, 15) is 19.1 Å². The summed E-state index contributed by atoms with van der Waals surface area (Å²) in [5.74, 6) is -4.93. The lowest BCUT2D eigenvalue weighted by Crippen LogP contribution is -2.54. The molecule has 2 atom stereocenters. The minimum absolute atomic E-state index is 0.0284. The van der Waals surface area contributed by atoms with Crippen molar-refractivity contribution < 1.29 is 32.6 Å². The van der Waals surface area contributed by atoms with Gasteiger partial charge in [0.1, 0.15) is 18.4 Å². The molecule has 4 N–H and O–H groups in total. The summed E-state index contributed by atoms with van der Waals surface area (Å²) in [6.07, 6.45) is 5.73. The van der Waals surface area contributed by atoms with Gasteiger partial charge >= 0.3 is 0 Å². The number of benzene rings is 2. The Labute approximate surface area is 304 Å². The molecule has 11 nitrogen and oxygen atoms in total. The molecule has 3 fully saturated rings. The van der Waals surface area contributed by atoms with Crippen molar-refractivity contribution in [2.24, 2.45) is 0 Å². The number of rotatable bonds is 6. The van der Waals surface area contributed by atoms with Gasteiger partial charge in [0.05, 0.1) is 36.1 Å². The number of carbonyl (C=O) groups is 2. The molecular weight excluding hydrogens is 687 g/mol. The molecule has 2 saturated heterocycles. The number of aromatic hydroxyl groups is 1. The van der Waals surface area contributed by atoms with Crippen LogP contribution < -0.4 is 20.7 Å².